The third-order valence-corrected chi connectivity index (χ3v) is 3.51. The molecule has 0 aliphatic rings. The van der Waals surface area contributed by atoms with Crippen molar-refractivity contribution in [2.45, 2.75) is 31.8 Å². The number of nitrogens with one attached hydrogen (secondary N) is 1. The molecule has 0 radical (unpaired) electrons. The molecule has 1 aromatic carbocycles. The van der Waals surface area contributed by atoms with Crippen molar-refractivity contribution in [3.8, 4) is 0 Å². The zero-order valence-electron chi connectivity index (χ0n) is 10.5. The average Bonchev–Trinajstić information content (AvgIpc) is 2.37. The molecule has 0 bridgehead atoms. The summed E-state index contributed by atoms with van der Waals surface area (Å²) in [4.78, 5) is 0. The Bertz CT molecular complexity index is 376. The minimum Gasteiger partial charge on any atom is -0.396 e. The van der Waals surface area contributed by atoms with Crippen molar-refractivity contribution in [2.75, 3.05) is 13.2 Å². The van der Waals surface area contributed by atoms with Gasteiger partial charge in [0.2, 0.25) is 0 Å². The summed E-state index contributed by atoms with van der Waals surface area (Å²) in [6.45, 7) is 2.63. The van der Waals surface area contributed by atoms with Gasteiger partial charge in [-0.15, -0.1) is 0 Å². The maximum absolute atomic E-state index is 13.5. The first kappa shape index (κ1) is 15.6. The molecule has 2 atom stereocenters. The lowest BCUT2D eigenvalue weighted by Crippen LogP contribution is -2.35. The number of halogens is 2. The van der Waals surface area contributed by atoms with Crippen LogP contribution in [-0.2, 0) is 0 Å². The van der Waals surface area contributed by atoms with E-state index in [1.165, 1.54) is 6.07 Å². The third kappa shape index (κ3) is 4.65. The highest BCUT2D eigenvalue weighted by atomic mass is 79.9. The molecular formula is C13H20BrFN2O. The summed E-state index contributed by atoms with van der Waals surface area (Å²) in [6.07, 6.45) is 1.62. The van der Waals surface area contributed by atoms with Crippen LogP contribution >= 0.6 is 15.9 Å². The van der Waals surface area contributed by atoms with E-state index in [0.717, 1.165) is 18.4 Å². The monoisotopic (exact) mass is 318 g/mol. The van der Waals surface area contributed by atoms with Crippen LogP contribution in [0.15, 0.2) is 22.7 Å². The van der Waals surface area contributed by atoms with Gasteiger partial charge in [-0.2, -0.15) is 0 Å². The Hall–Kier alpha value is -0.490. The van der Waals surface area contributed by atoms with Crippen LogP contribution in [0.3, 0.4) is 0 Å². The lowest BCUT2D eigenvalue weighted by molar-refractivity contribution is 0.274. The number of hydrogen-bond acceptors (Lipinski definition) is 3. The van der Waals surface area contributed by atoms with Crippen LogP contribution < -0.4 is 11.1 Å². The first-order valence-corrected chi connectivity index (χ1v) is 6.89. The van der Waals surface area contributed by atoms with E-state index in [-0.39, 0.29) is 24.5 Å². The number of aliphatic hydroxyl groups is 1. The van der Waals surface area contributed by atoms with Crippen molar-refractivity contribution < 1.29 is 9.50 Å². The van der Waals surface area contributed by atoms with Gasteiger partial charge in [-0.25, -0.2) is 4.39 Å². The molecule has 0 aliphatic carbocycles. The number of nitrogens with two attached hydrogens (primary N) is 1. The van der Waals surface area contributed by atoms with Crippen LogP contribution in [0.25, 0.3) is 0 Å². The molecule has 2 unspecified atom stereocenters. The Kier molecular flexibility index (Phi) is 6.78. The second kappa shape index (κ2) is 7.84. The molecule has 1 rings (SSSR count). The van der Waals surface area contributed by atoms with Crippen LogP contribution in [0.4, 0.5) is 4.39 Å². The number of aliphatic hydroxyl groups excluding tert-OH is 1. The van der Waals surface area contributed by atoms with E-state index in [4.69, 9.17) is 10.8 Å². The zero-order valence-corrected chi connectivity index (χ0v) is 12.1. The van der Waals surface area contributed by atoms with Gasteiger partial charge in [-0.3, -0.25) is 0 Å². The molecule has 0 amide bonds. The van der Waals surface area contributed by atoms with Crippen LogP contribution in [0, 0.1) is 5.82 Å². The van der Waals surface area contributed by atoms with E-state index in [9.17, 15) is 4.39 Å². The van der Waals surface area contributed by atoms with Crippen molar-refractivity contribution in [3.63, 3.8) is 0 Å². The highest BCUT2D eigenvalue weighted by Crippen LogP contribution is 2.21. The molecule has 0 heterocycles. The van der Waals surface area contributed by atoms with E-state index in [0.29, 0.717) is 11.0 Å². The summed E-state index contributed by atoms with van der Waals surface area (Å²) in [5, 5.41) is 12.1. The van der Waals surface area contributed by atoms with Gasteiger partial charge >= 0.3 is 0 Å². The molecule has 0 aliphatic heterocycles. The van der Waals surface area contributed by atoms with E-state index in [2.05, 4.69) is 21.2 Å². The van der Waals surface area contributed by atoms with E-state index < -0.39 is 0 Å². The van der Waals surface area contributed by atoms with Gasteiger partial charge in [0, 0.05) is 25.2 Å². The molecule has 3 nitrogen and oxygen atoms in total. The third-order valence-electron chi connectivity index (χ3n) is 2.86. The fraction of sp³-hybridized carbons (Fsp3) is 0.538. The maximum atomic E-state index is 13.5. The molecule has 0 spiro atoms. The standard InChI is InChI=1S/C13H20BrFN2O/c1-9(3-2-6-18)17-13(8-16)10-4-5-11(14)12(15)7-10/h4-5,7,9,13,17-18H,2-3,6,8,16H2,1H3. The van der Waals surface area contributed by atoms with Crippen molar-refractivity contribution in [1.82, 2.24) is 5.32 Å². The first-order valence-electron chi connectivity index (χ1n) is 6.10. The van der Waals surface area contributed by atoms with Gasteiger partial charge < -0.3 is 16.2 Å². The quantitative estimate of drug-likeness (QED) is 0.723. The van der Waals surface area contributed by atoms with E-state index in [1.807, 2.05) is 13.0 Å². The van der Waals surface area contributed by atoms with Gasteiger partial charge in [0.1, 0.15) is 5.82 Å². The van der Waals surface area contributed by atoms with Crippen LogP contribution in [-0.4, -0.2) is 24.3 Å². The molecule has 18 heavy (non-hydrogen) atoms. The highest BCUT2D eigenvalue weighted by molar-refractivity contribution is 9.10. The lowest BCUT2D eigenvalue weighted by Gasteiger charge is -2.22. The lowest BCUT2D eigenvalue weighted by atomic mass is 10.0. The predicted octanol–water partition coefficient (Wildman–Crippen LogP) is 2.34. The second-order valence-electron chi connectivity index (χ2n) is 4.40. The molecule has 0 saturated heterocycles. The van der Waals surface area contributed by atoms with Crippen molar-refractivity contribution in [3.05, 3.63) is 34.1 Å². The molecule has 102 valence electrons. The number of hydrogen-bond donors (Lipinski definition) is 3. The fourth-order valence-electron chi connectivity index (χ4n) is 1.85. The molecule has 1 aromatic rings. The van der Waals surface area contributed by atoms with Gasteiger partial charge in [-0.1, -0.05) is 6.07 Å². The minimum absolute atomic E-state index is 0.0682. The molecular weight excluding hydrogens is 299 g/mol. The first-order chi connectivity index (χ1) is 8.58. The van der Waals surface area contributed by atoms with Crippen molar-refractivity contribution >= 4 is 15.9 Å². The van der Waals surface area contributed by atoms with Gasteiger partial charge in [-0.05, 0) is 53.4 Å². The van der Waals surface area contributed by atoms with Crippen molar-refractivity contribution in [1.29, 1.82) is 0 Å². The molecule has 0 saturated carbocycles. The molecule has 0 aromatic heterocycles. The summed E-state index contributed by atoms with van der Waals surface area (Å²) in [7, 11) is 0. The average molecular weight is 319 g/mol. The molecule has 4 N–H and O–H groups in total. The Morgan fingerprint density at radius 2 is 2.22 bits per heavy atom. The predicted molar refractivity (Wildman–Crippen MR) is 74.8 cm³/mol. The largest absolute Gasteiger partial charge is 0.396 e. The van der Waals surface area contributed by atoms with Crippen molar-refractivity contribution in [2.24, 2.45) is 5.73 Å². The summed E-state index contributed by atoms with van der Waals surface area (Å²) in [5.74, 6) is -0.282. The normalized spacial score (nSPS) is 14.5. The zero-order chi connectivity index (χ0) is 13.5. The second-order valence-corrected chi connectivity index (χ2v) is 5.25. The number of rotatable bonds is 7. The van der Waals surface area contributed by atoms with Gasteiger partial charge in [0.15, 0.2) is 0 Å². The van der Waals surface area contributed by atoms with Crippen LogP contribution in [0.1, 0.15) is 31.4 Å². The summed E-state index contributed by atoms with van der Waals surface area (Å²) >= 11 is 3.13. The summed E-state index contributed by atoms with van der Waals surface area (Å²) in [6, 6.07) is 5.20. The molecule has 5 heteroatoms. The highest BCUT2D eigenvalue weighted by Gasteiger charge is 2.14. The van der Waals surface area contributed by atoms with Crippen LogP contribution in [0.5, 0.6) is 0 Å². The van der Waals surface area contributed by atoms with Gasteiger partial charge in [0.05, 0.1) is 4.47 Å². The van der Waals surface area contributed by atoms with E-state index in [1.54, 1.807) is 6.07 Å². The smallest absolute Gasteiger partial charge is 0.137 e. The Balaban J connectivity index is 2.67. The maximum Gasteiger partial charge on any atom is 0.137 e. The van der Waals surface area contributed by atoms with Gasteiger partial charge in [0.25, 0.3) is 0 Å². The fourth-order valence-corrected chi connectivity index (χ4v) is 2.10. The summed E-state index contributed by atoms with van der Waals surface area (Å²) < 4.78 is 13.9. The minimum atomic E-state index is -0.282. The molecule has 0 fully saturated rings. The number of benzene rings is 1. The Labute approximate surface area is 116 Å². The topological polar surface area (TPSA) is 58.3 Å². The SMILES string of the molecule is CC(CCCO)NC(CN)c1ccc(Br)c(F)c1. The summed E-state index contributed by atoms with van der Waals surface area (Å²) in [5.41, 5.74) is 6.57. The Morgan fingerprint density at radius 3 is 2.78 bits per heavy atom. The van der Waals surface area contributed by atoms with E-state index >= 15 is 0 Å². The Morgan fingerprint density at radius 1 is 1.50 bits per heavy atom. The van der Waals surface area contributed by atoms with Crippen LogP contribution in [0.2, 0.25) is 0 Å².